The first-order valence-electron chi connectivity index (χ1n) is 8.60. The molecule has 2 heterocycles. The molecule has 0 aliphatic carbocycles. The number of fused-ring (bicyclic) bond motifs is 1. The summed E-state index contributed by atoms with van der Waals surface area (Å²) < 4.78 is 1.64. The van der Waals surface area contributed by atoms with Crippen LogP contribution in [0.15, 0.2) is 58.5 Å². The normalized spacial score (nSPS) is 11.3. The van der Waals surface area contributed by atoms with Gasteiger partial charge in [0.2, 0.25) is 0 Å². The monoisotopic (exact) mass is 446 g/mol. The molecular formula is C21H16Cl2N2OS2. The van der Waals surface area contributed by atoms with Crippen LogP contribution in [0.3, 0.4) is 0 Å². The molecule has 0 spiro atoms. The van der Waals surface area contributed by atoms with Crippen molar-refractivity contribution in [2.45, 2.75) is 24.8 Å². The van der Waals surface area contributed by atoms with E-state index in [1.807, 2.05) is 32.0 Å². The van der Waals surface area contributed by atoms with Crippen molar-refractivity contribution in [3.63, 3.8) is 0 Å². The van der Waals surface area contributed by atoms with E-state index >= 15 is 0 Å². The molecule has 0 aliphatic rings. The van der Waals surface area contributed by atoms with Gasteiger partial charge >= 0.3 is 0 Å². The summed E-state index contributed by atoms with van der Waals surface area (Å²) in [4.78, 5) is 20.1. The molecule has 0 unspecified atom stereocenters. The Hall–Kier alpha value is -1.79. The van der Waals surface area contributed by atoms with Crippen LogP contribution in [0, 0.1) is 13.8 Å². The van der Waals surface area contributed by atoms with Gasteiger partial charge in [0.05, 0.1) is 21.1 Å². The molecule has 0 fully saturated rings. The highest BCUT2D eigenvalue weighted by atomic mass is 35.5. The fourth-order valence-electron chi connectivity index (χ4n) is 2.95. The zero-order chi connectivity index (χ0) is 19.8. The lowest BCUT2D eigenvalue weighted by Gasteiger charge is -2.13. The molecule has 0 bridgehead atoms. The van der Waals surface area contributed by atoms with Crippen LogP contribution in [0.2, 0.25) is 10.0 Å². The third-order valence-electron chi connectivity index (χ3n) is 4.54. The van der Waals surface area contributed by atoms with Crippen molar-refractivity contribution < 1.29 is 0 Å². The third-order valence-corrected chi connectivity index (χ3v) is 7.39. The van der Waals surface area contributed by atoms with Gasteiger partial charge < -0.3 is 0 Å². The molecule has 142 valence electrons. The number of thioether (sulfide) groups is 1. The standard InChI is InChI=1S/C21H16Cl2N2OS2/c1-12-13(2)28-19-18(12)20(26)25(15-8-9-16(22)17(23)10-15)21(24-19)27-11-14-6-4-3-5-7-14/h3-10H,11H2,1-2H3. The average Bonchev–Trinajstić information content (AvgIpc) is 2.97. The molecule has 0 N–H and O–H groups in total. The zero-order valence-electron chi connectivity index (χ0n) is 15.2. The Labute approximate surface area is 181 Å². The second kappa shape index (κ2) is 7.91. The maximum absolute atomic E-state index is 13.4. The number of rotatable bonds is 4. The number of hydrogen-bond donors (Lipinski definition) is 0. The van der Waals surface area contributed by atoms with Gasteiger partial charge in [-0.2, -0.15) is 0 Å². The number of thiophene rings is 1. The first-order chi connectivity index (χ1) is 13.5. The van der Waals surface area contributed by atoms with Gasteiger partial charge in [-0.15, -0.1) is 11.3 Å². The lowest BCUT2D eigenvalue weighted by molar-refractivity contribution is 0.822. The highest BCUT2D eigenvalue weighted by Gasteiger charge is 2.18. The molecule has 0 saturated heterocycles. The molecule has 7 heteroatoms. The Morgan fingerprint density at radius 2 is 1.82 bits per heavy atom. The van der Waals surface area contributed by atoms with Crippen LogP contribution in [-0.2, 0) is 5.75 Å². The highest BCUT2D eigenvalue weighted by Crippen LogP contribution is 2.32. The van der Waals surface area contributed by atoms with Gasteiger partial charge in [0, 0.05) is 10.6 Å². The predicted octanol–water partition coefficient (Wildman–Crippen LogP) is 6.66. The molecule has 4 rings (SSSR count). The number of benzene rings is 2. The smallest absolute Gasteiger partial charge is 0.267 e. The Morgan fingerprint density at radius 1 is 1.07 bits per heavy atom. The van der Waals surface area contributed by atoms with Gasteiger partial charge in [0.15, 0.2) is 5.16 Å². The minimum Gasteiger partial charge on any atom is -0.268 e. The largest absolute Gasteiger partial charge is 0.268 e. The van der Waals surface area contributed by atoms with E-state index in [1.165, 1.54) is 17.3 Å². The lowest BCUT2D eigenvalue weighted by Crippen LogP contribution is -2.21. The lowest BCUT2D eigenvalue weighted by atomic mass is 10.2. The Bertz CT molecular complexity index is 1230. The van der Waals surface area contributed by atoms with Crippen molar-refractivity contribution in [3.8, 4) is 5.69 Å². The quantitative estimate of drug-likeness (QED) is 0.259. The van der Waals surface area contributed by atoms with Gasteiger partial charge in [-0.1, -0.05) is 65.3 Å². The van der Waals surface area contributed by atoms with Crippen molar-refractivity contribution in [3.05, 3.63) is 84.9 Å². The molecule has 0 amide bonds. The maximum atomic E-state index is 13.4. The summed E-state index contributed by atoms with van der Waals surface area (Å²) in [6, 6.07) is 15.3. The number of aromatic nitrogens is 2. The molecule has 0 atom stereocenters. The molecule has 4 aromatic rings. The molecule has 0 radical (unpaired) electrons. The molecule has 2 aromatic carbocycles. The Morgan fingerprint density at radius 3 is 2.54 bits per heavy atom. The Kier molecular flexibility index (Phi) is 5.52. The van der Waals surface area contributed by atoms with Crippen molar-refractivity contribution >= 4 is 56.5 Å². The molecular weight excluding hydrogens is 431 g/mol. The second-order valence-corrected chi connectivity index (χ2v) is 9.33. The topological polar surface area (TPSA) is 34.9 Å². The maximum Gasteiger partial charge on any atom is 0.267 e. The van der Waals surface area contributed by atoms with E-state index < -0.39 is 0 Å². The van der Waals surface area contributed by atoms with Crippen molar-refractivity contribution in [2.24, 2.45) is 0 Å². The van der Waals surface area contributed by atoms with Crippen LogP contribution in [0.4, 0.5) is 0 Å². The minimum absolute atomic E-state index is 0.0826. The summed E-state index contributed by atoms with van der Waals surface area (Å²) >= 11 is 15.4. The van der Waals surface area contributed by atoms with E-state index in [0.717, 1.165) is 15.3 Å². The van der Waals surface area contributed by atoms with Crippen molar-refractivity contribution in [1.82, 2.24) is 9.55 Å². The van der Waals surface area contributed by atoms with E-state index in [2.05, 4.69) is 12.1 Å². The zero-order valence-corrected chi connectivity index (χ0v) is 18.3. The molecule has 3 nitrogen and oxygen atoms in total. The van der Waals surface area contributed by atoms with Crippen molar-refractivity contribution in [2.75, 3.05) is 0 Å². The third kappa shape index (κ3) is 3.60. The van der Waals surface area contributed by atoms with Gasteiger partial charge in [-0.25, -0.2) is 4.98 Å². The minimum atomic E-state index is -0.0826. The van der Waals surface area contributed by atoms with E-state index in [4.69, 9.17) is 28.2 Å². The van der Waals surface area contributed by atoms with Crippen molar-refractivity contribution in [1.29, 1.82) is 0 Å². The molecule has 28 heavy (non-hydrogen) atoms. The average molecular weight is 447 g/mol. The van der Waals surface area contributed by atoms with E-state index in [9.17, 15) is 4.79 Å². The van der Waals surface area contributed by atoms with Gasteiger partial charge in [-0.05, 0) is 43.2 Å². The fourth-order valence-corrected chi connectivity index (χ4v) is 5.28. The summed E-state index contributed by atoms with van der Waals surface area (Å²) in [5.41, 5.74) is 2.72. The van der Waals surface area contributed by atoms with Crippen LogP contribution < -0.4 is 5.56 Å². The summed E-state index contributed by atoms with van der Waals surface area (Å²) in [7, 11) is 0. The van der Waals surface area contributed by atoms with E-state index in [1.54, 1.807) is 34.1 Å². The van der Waals surface area contributed by atoms with Crippen LogP contribution >= 0.6 is 46.3 Å². The molecule has 0 aliphatic heterocycles. The van der Waals surface area contributed by atoms with Gasteiger partial charge in [0.25, 0.3) is 5.56 Å². The van der Waals surface area contributed by atoms with Crippen LogP contribution in [-0.4, -0.2) is 9.55 Å². The summed E-state index contributed by atoms with van der Waals surface area (Å²) in [5, 5.41) is 2.16. The van der Waals surface area contributed by atoms with E-state index in [-0.39, 0.29) is 5.56 Å². The summed E-state index contributed by atoms with van der Waals surface area (Å²) in [6.07, 6.45) is 0. The first kappa shape index (κ1) is 19.5. The summed E-state index contributed by atoms with van der Waals surface area (Å²) in [5.74, 6) is 0.712. The van der Waals surface area contributed by atoms with Gasteiger partial charge in [-0.3, -0.25) is 9.36 Å². The Balaban J connectivity index is 1.91. The second-order valence-electron chi connectivity index (χ2n) is 6.37. The molecule has 2 aromatic heterocycles. The SMILES string of the molecule is Cc1sc2nc(SCc3ccccc3)n(-c3ccc(Cl)c(Cl)c3)c(=O)c2c1C. The number of aryl methyl sites for hydroxylation is 2. The number of halogens is 2. The van der Waals surface area contributed by atoms with Gasteiger partial charge in [0.1, 0.15) is 4.83 Å². The molecule has 0 saturated carbocycles. The number of nitrogens with zero attached hydrogens (tertiary/aromatic N) is 2. The van der Waals surface area contributed by atoms with Crippen LogP contribution in [0.25, 0.3) is 15.9 Å². The number of hydrogen-bond acceptors (Lipinski definition) is 4. The van der Waals surface area contributed by atoms with E-state index in [0.29, 0.717) is 32.0 Å². The predicted molar refractivity (Wildman–Crippen MR) is 121 cm³/mol. The summed E-state index contributed by atoms with van der Waals surface area (Å²) in [6.45, 7) is 3.98. The van der Waals surface area contributed by atoms with Crippen LogP contribution in [0.1, 0.15) is 16.0 Å². The van der Waals surface area contributed by atoms with Crippen LogP contribution in [0.5, 0.6) is 0 Å². The first-order valence-corrected chi connectivity index (χ1v) is 11.2. The fraction of sp³-hybridized carbons (Fsp3) is 0.143. The highest BCUT2D eigenvalue weighted by molar-refractivity contribution is 7.98.